The minimum atomic E-state index is -0.354. The molecule has 2 aromatic carbocycles. The first kappa shape index (κ1) is 13.5. The van der Waals surface area contributed by atoms with E-state index in [0.717, 1.165) is 5.56 Å². The van der Waals surface area contributed by atoms with Gasteiger partial charge >= 0.3 is 0 Å². The highest BCUT2D eigenvalue weighted by Crippen LogP contribution is 2.27. The molecule has 0 unspecified atom stereocenters. The summed E-state index contributed by atoms with van der Waals surface area (Å²) in [6.45, 7) is 1.86. The van der Waals surface area contributed by atoms with Crippen LogP contribution in [0, 0.1) is 12.7 Å². The smallest absolute Gasteiger partial charge is 0.187 e. The van der Waals surface area contributed by atoms with E-state index in [2.05, 4.69) is 15.5 Å². The van der Waals surface area contributed by atoms with Crippen LogP contribution in [0.5, 0.6) is 0 Å². The Bertz CT molecular complexity index is 815. The van der Waals surface area contributed by atoms with E-state index in [-0.39, 0.29) is 5.82 Å². The van der Waals surface area contributed by atoms with Crippen molar-refractivity contribution >= 4 is 17.3 Å². The van der Waals surface area contributed by atoms with Gasteiger partial charge in [0.1, 0.15) is 5.82 Å². The normalized spacial score (nSPS) is 10.8. The van der Waals surface area contributed by atoms with Crippen LogP contribution in [-0.4, -0.2) is 20.2 Å². The summed E-state index contributed by atoms with van der Waals surface area (Å²) in [5.41, 5.74) is 8.29. The summed E-state index contributed by atoms with van der Waals surface area (Å²) in [5, 5.41) is 12.0. The largest absolute Gasteiger partial charge is 0.398 e. The van der Waals surface area contributed by atoms with Crippen LogP contribution in [0.3, 0.4) is 0 Å². The van der Waals surface area contributed by atoms with Crippen LogP contribution < -0.4 is 5.73 Å². The van der Waals surface area contributed by atoms with Crippen LogP contribution in [0.1, 0.15) is 5.56 Å². The Hall–Kier alpha value is -2.47. The molecular weight excluding hydrogens is 293 g/mol. The standard InChI is InChI=1S/C14H11ClFN5/c1-8-2-4-10(16)7-13(8)21-14(18-19-20-21)9-3-5-12(17)11(15)6-9/h2-7H,17H2,1H3. The molecule has 106 valence electrons. The topological polar surface area (TPSA) is 69.6 Å². The van der Waals surface area contributed by atoms with E-state index in [1.807, 2.05) is 6.92 Å². The lowest BCUT2D eigenvalue weighted by atomic mass is 10.1. The molecule has 1 heterocycles. The molecule has 1 aromatic heterocycles. The van der Waals surface area contributed by atoms with Crippen molar-refractivity contribution in [1.29, 1.82) is 0 Å². The quantitative estimate of drug-likeness (QED) is 0.739. The third kappa shape index (κ3) is 2.45. The second-order valence-corrected chi connectivity index (χ2v) is 4.99. The van der Waals surface area contributed by atoms with Gasteiger partial charge in [-0.2, -0.15) is 4.68 Å². The molecule has 0 radical (unpaired) electrons. The number of rotatable bonds is 2. The molecule has 0 atom stereocenters. The van der Waals surface area contributed by atoms with Crippen molar-refractivity contribution in [2.45, 2.75) is 6.92 Å². The zero-order valence-corrected chi connectivity index (χ0v) is 11.8. The molecule has 5 nitrogen and oxygen atoms in total. The third-order valence-electron chi connectivity index (χ3n) is 3.13. The Balaban J connectivity index is 2.17. The van der Waals surface area contributed by atoms with Gasteiger partial charge in [0.05, 0.1) is 16.4 Å². The molecule has 0 saturated carbocycles. The number of anilines is 1. The number of aromatic nitrogens is 4. The number of aryl methyl sites for hydroxylation is 1. The van der Waals surface area contributed by atoms with Gasteiger partial charge in [-0.05, 0) is 53.2 Å². The number of nitrogens with two attached hydrogens (primary N) is 1. The van der Waals surface area contributed by atoms with E-state index in [1.165, 1.54) is 16.8 Å². The zero-order valence-electron chi connectivity index (χ0n) is 11.1. The summed E-state index contributed by atoms with van der Waals surface area (Å²) >= 11 is 6.02. The molecule has 0 bridgehead atoms. The zero-order chi connectivity index (χ0) is 15.0. The van der Waals surface area contributed by atoms with Gasteiger partial charge in [0.25, 0.3) is 0 Å². The minimum Gasteiger partial charge on any atom is -0.398 e. The van der Waals surface area contributed by atoms with Gasteiger partial charge in [-0.3, -0.25) is 0 Å². The van der Waals surface area contributed by atoms with E-state index in [9.17, 15) is 4.39 Å². The molecule has 0 amide bonds. The van der Waals surface area contributed by atoms with Crippen molar-refractivity contribution in [2.75, 3.05) is 5.73 Å². The molecule has 0 aliphatic rings. The number of hydrogen-bond donors (Lipinski definition) is 1. The predicted molar refractivity (Wildman–Crippen MR) is 78.7 cm³/mol. The van der Waals surface area contributed by atoms with Crippen LogP contribution >= 0.6 is 11.6 Å². The predicted octanol–water partition coefficient (Wildman–Crippen LogP) is 3.01. The molecule has 3 rings (SSSR count). The fraction of sp³-hybridized carbons (Fsp3) is 0.0714. The van der Waals surface area contributed by atoms with Gasteiger partial charge < -0.3 is 5.73 Å². The summed E-state index contributed by atoms with van der Waals surface area (Å²) in [7, 11) is 0. The molecule has 0 spiro atoms. The lowest BCUT2D eigenvalue weighted by Gasteiger charge is -2.08. The highest BCUT2D eigenvalue weighted by atomic mass is 35.5. The molecule has 2 N–H and O–H groups in total. The van der Waals surface area contributed by atoms with Crippen molar-refractivity contribution < 1.29 is 4.39 Å². The molecule has 0 aliphatic heterocycles. The Morgan fingerprint density at radius 2 is 2.00 bits per heavy atom. The van der Waals surface area contributed by atoms with E-state index in [1.54, 1.807) is 24.3 Å². The van der Waals surface area contributed by atoms with Gasteiger partial charge in [-0.25, -0.2) is 4.39 Å². The highest BCUT2D eigenvalue weighted by Gasteiger charge is 2.14. The van der Waals surface area contributed by atoms with E-state index in [4.69, 9.17) is 17.3 Å². The maximum absolute atomic E-state index is 13.5. The monoisotopic (exact) mass is 303 g/mol. The van der Waals surface area contributed by atoms with Crippen molar-refractivity contribution in [3.63, 3.8) is 0 Å². The maximum atomic E-state index is 13.5. The van der Waals surface area contributed by atoms with Gasteiger partial charge in [-0.1, -0.05) is 17.7 Å². The summed E-state index contributed by atoms with van der Waals surface area (Å²) in [6, 6.07) is 9.56. The van der Waals surface area contributed by atoms with E-state index < -0.39 is 0 Å². The minimum absolute atomic E-state index is 0.354. The highest BCUT2D eigenvalue weighted by molar-refractivity contribution is 6.33. The molecule has 7 heteroatoms. The van der Waals surface area contributed by atoms with Gasteiger partial charge in [0.15, 0.2) is 5.82 Å². The Kier molecular flexibility index (Phi) is 3.31. The Morgan fingerprint density at radius 3 is 2.76 bits per heavy atom. The molecule has 0 aliphatic carbocycles. The lowest BCUT2D eigenvalue weighted by molar-refractivity contribution is 0.624. The van der Waals surface area contributed by atoms with Crippen molar-refractivity contribution in [2.24, 2.45) is 0 Å². The Labute approximate surface area is 125 Å². The van der Waals surface area contributed by atoms with Crippen LogP contribution in [0.15, 0.2) is 36.4 Å². The fourth-order valence-electron chi connectivity index (χ4n) is 2.01. The van der Waals surface area contributed by atoms with E-state index >= 15 is 0 Å². The number of hydrogen-bond acceptors (Lipinski definition) is 4. The fourth-order valence-corrected chi connectivity index (χ4v) is 2.19. The number of nitrogens with zero attached hydrogens (tertiary/aromatic N) is 4. The second kappa shape index (κ2) is 5.14. The maximum Gasteiger partial charge on any atom is 0.187 e. The van der Waals surface area contributed by atoms with Crippen LogP contribution in [-0.2, 0) is 0 Å². The summed E-state index contributed by atoms with van der Waals surface area (Å²) in [5.74, 6) is 0.109. The van der Waals surface area contributed by atoms with Crippen molar-refractivity contribution in [3.05, 3.63) is 52.8 Å². The lowest BCUT2D eigenvalue weighted by Crippen LogP contribution is -2.03. The van der Waals surface area contributed by atoms with Crippen molar-refractivity contribution in [1.82, 2.24) is 20.2 Å². The number of tetrazole rings is 1. The van der Waals surface area contributed by atoms with Crippen LogP contribution in [0.4, 0.5) is 10.1 Å². The average Bonchev–Trinajstić information content (AvgIpc) is 2.93. The molecular formula is C14H11ClFN5. The van der Waals surface area contributed by atoms with Crippen LogP contribution in [0.2, 0.25) is 5.02 Å². The third-order valence-corrected chi connectivity index (χ3v) is 3.45. The SMILES string of the molecule is Cc1ccc(F)cc1-n1nnnc1-c1ccc(N)c(Cl)c1. The first-order valence-electron chi connectivity index (χ1n) is 6.16. The van der Waals surface area contributed by atoms with Gasteiger partial charge in [0, 0.05) is 5.56 Å². The summed E-state index contributed by atoms with van der Waals surface area (Å²) < 4.78 is 14.9. The average molecular weight is 304 g/mol. The van der Waals surface area contributed by atoms with Crippen LogP contribution in [0.25, 0.3) is 17.1 Å². The molecule has 3 aromatic rings. The van der Waals surface area contributed by atoms with E-state index in [0.29, 0.717) is 27.8 Å². The number of halogens is 2. The summed E-state index contributed by atoms with van der Waals surface area (Å²) in [4.78, 5) is 0. The first-order valence-corrected chi connectivity index (χ1v) is 6.54. The summed E-state index contributed by atoms with van der Waals surface area (Å²) in [6.07, 6.45) is 0. The molecule has 0 saturated heterocycles. The second-order valence-electron chi connectivity index (χ2n) is 4.58. The number of nitrogen functional groups attached to an aromatic ring is 1. The van der Waals surface area contributed by atoms with Gasteiger partial charge in [-0.15, -0.1) is 5.10 Å². The first-order chi connectivity index (χ1) is 10.1. The number of benzene rings is 2. The van der Waals surface area contributed by atoms with Gasteiger partial charge in [0.2, 0.25) is 0 Å². The Morgan fingerprint density at radius 1 is 1.19 bits per heavy atom. The molecule has 21 heavy (non-hydrogen) atoms. The van der Waals surface area contributed by atoms with Crippen molar-refractivity contribution in [3.8, 4) is 17.1 Å². The molecule has 0 fully saturated rings.